The van der Waals surface area contributed by atoms with E-state index in [0.717, 1.165) is 33.8 Å². The fourth-order valence-corrected chi connectivity index (χ4v) is 14.1. The lowest BCUT2D eigenvalue weighted by Crippen LogP contribution is -2.75. The summed E-state index contributed by atoms with van der Waals surface area (Å²) in [5.41, 5.74) is 4.85. The average Bonchev–Trinajstić information content (AvgIpc) is 3.21. The van der Waals surface area contributed by atoms with Crippen LogP contribution < -0.4 is 30.2 Å². The molecule has 0 spiro atoms. The number of ether oxygens (including phenoxy) is 2. The van der Waals surface area contributed by atoms with Crippen LogP contribution in [0.1, 0.15) is 80.3 Å². The Labute approximate surface area is 331 Å². The molecule has 272 valence electrons. The fourth-order valence-electron chi connectivity index (χ4n) is 9.24. The van der Waals surface area contributed by atoms with Crippen molar-refractivity contribution >= 4 is 28.8 Å². The number of benzene rings is 7. The Morgan fingerprint density at radius 3 is 1.58 bits per heavy atom. The molecular formula is C52H48O2Si. The van der Waals surface area contributed by atoms with Crippen molar-refractivity contribution < 1.29 is 13.6 Å². The largest absolute Gasteiger partial charge is 0.457 e. The van der Waals surface area contributed by atoms with E-state index in [2.05, 4.69) is 162 Å². The predicted molar refractivity (Wildman–Crippen MR) is 231 cm³/mol. The van der Waals surface area contributed by atoms with Gasteiger partial charge in [-0.3, -0.25) is 0 Å². The van der Waals surface area contributed by atoms with Crippen LogP contribution in [0.2, 0.25) is 0 Å². The van der Waals surface area contributed by atoms with Crippen molar-refractivity contribution in [3.8, 4) is 34.1 Å². The van der Waals surface area contributed by atoms with Crippen LogP contribution in [-0.4, -0.2) is 8.07 Å². The third-order valence-electron chi connectivity index (χ3n) is 12.0. The van der Waals surface area contributed by atoms with Crippen LogP contribution in [0, 0.1) is 0 Å². The lowest BCUT2D eigenvalue weighted by molar-refractivity contribution is 0.419. The monoisotopic (exact) mass is 735 g/mol. The molecule has 0 radical (unpaired) electrons. The fraction of sp³-hybridized carbons (Fsp3) is 0.192. The molecule has 0 aromatic heterocycles. The van der Waals surface area contributed by atoms with Crippen LogP contribution in [0.25, 0.3) is 11.1 Å². The van der Waals surface area contributed by atoms with Crippen molar-refractivity contribution in [3.63, 3.8) is 0 Å². The first-order valence-corrected chi connectivity index (χ1v) is 21.3. The molecule has 2 heterocycles. The average molecular weight is 736 g/mol. The standard InChI is InChI=1S/C52H48O2Si/c1-50(2,3)40-33-32-37(34-39(40)38-24-18-27-43-48(38)53-45-29-16-14-25-41(45)51(43,4)5)55(35-20-10-8-11-21-35,36-22-12-9-13-23-36)47-31-19-28-44-49(47)54-46-30-17-15-26-42(46)52(44,6)7/h8-34H,1-7H3/i4D3. The summed E-state index contributed by atoms with van der Waals surface area (Å²) in [5.74, 6) is 2.96. The van der Waals surface area contributed by atoms with Crippen LogP contribution in [0.5, 0.6) is 23.0 Å². The molecule has 2 aliphatic heterocycles. The molecule has 0 bridgehead atoms. The van der Waals surface area contributed by atoms with Gasteiger partial charge in [-0.15, -0.1) is 0 Å². The summed E-state index contributed by atoms with van der Waals surface area (Å²) in [6.45, 7) is 10.8. The maximum atomic E-state index is 8.92. The molecule has 2 aliphatic rings. The summed E-state index contributed by atoms with van der Waals surface area (Å²) in [5, 5.41) is 4.84. The Bertz CT molecular complexity index is 2660. The van der Waals surface area contributed by atoms with Crippen molar-refractivity contribution in [1.29, 1.82) is 0 Å². The van der Waals surface area contributed by atoms with Crippen molar-refractivity contribution in [2.45, 2.75) is 64.6 Å². The van der Waals surface area contributed by atoms with E-state index in [0.29, 0.717) is 22.6 Å². The number of hydrogen-bond acceptors (Lipinski definition) is 2. The van der Waals surface area contributed by atoms with Crippen molar-refractivity contribution in [3.05, 3.63) is 192 Å². The van der Waals surface area contributed by atoms with Crippen LogP contribution in [0.4, 0.5) is 0 Å². The Kier molecular flexibility index (Phi) is 7.32. The quantitative estimate of drug-likeness (QED) is 0.129. The number of para-hydroxylation sites is 4. The topological polar surface area (TPSA) is 18.5 Å². The van der Waals surface area contributed by atoms with E-state index < -0.39 is 20.3 Å². The maximum Gasteiger partial charge on any atom is 0.184 e. The minimum atomic E-state index is -3.22. The highest BCUT2D eigenvalue weighted by atomic mass is 28.3. The lowest BCUT2D eigenvalue weighted by Gasteiger charge is -2.41. The molecule has 0 saturated carbocycles. The Morgan fingerprint density at radius 2 is 0.982 bits per heavy atom. The van der Waals surface area contributed by atoms with Gasteiger partial charge in [-0.05, 0) is 49.4 Å². The van der Waals surface area contributed by atoms with Crippen LogP contribution in [0.3, 0.4) is 0 Å². The second kappa shape index (κ2) is 12.7. The predicted octanol–water partition coefficient (Wildman–Crippen LogP) is 10.9. The SMILES string of the molecule is [2H]C([2H])([2H])C1(C)c2ccccc2Oc2c(-c3cc([Si](c4ccccc4)(c4ccccc4)c4cccc5c4Oc4ccccc4C5(C)C)ccc3C(C)(C)C)cccc21. The molecule has 0 fully saturated rings. The van der Waals surface area contributed by atoms with E-state index in [1.54, 1.807) is 0 Å². The van der Waals surface area contributed by atoms with Gasteiger partial charge < -0.3 is 9.47 Å². The van der Waals surface area contributed by atoms with Crippen LogP contribution >= 0.6 is 0 Å². The second-order valence-electron chi connectivity index (χ2n) is 16.8. The molecule has 55 heavy (non-hydrogen) atoms. The van der Waals surface area contributed by atoms with Crippen molar-refractivity contribution in [1.82, 2.24) is 0 Å². The van der Waals surface area contributed by atoms with Gasteiger partial charge in [-0.2, -0.15) is 0 Å². The molecule has 0 amide bonds. The lowest BCUT2D eigenvalue weighted by atomic mass is 9.74. The first kappa shape index (κ1) is 31.7. The van der Waals surface area contributed by atoms with E-state index in [1.807, 2.05) is 43.3 Å². The van der Waals surface area contributed by atoms with Gasteiger partial charge in [0, 0.05) is 42.8 Å². The molecule has 7 aromatic carbocycles. The van der Waals surface area contributed by atoms with E-state index >= 15 is 0 Å². The number of hydrogen-bond donors (Lipinski definition) is 0. The second-order valence-corrected chi connectivity index (χ2v) is 20.6. The van der Waals surface area contributed by atoms with Crippen molar-refractivity contribution in [2.75, 3.05) is 0 Å². The number of rotatable bonds is 5. The Morgan fingerprint density at radius 1 is 0.473 bits per heavy atom. The van der Waals surface area contributed by atoms with Crippen LogP contribution in [0.15, 0.2) is 164 Å². The molecule has 0 saturated heterocycles. The maximum absolute atomic E-state index is 8.92. The van der Waals surface area contributed by atoms with Gasteiger partial charge in [0.25, 0.3) is 0 Å². The molecule has 7 aromatic rings. The first-order valence-electron chi connectivity index (χ1n) is 20.8. The molecule has 0 aliphatic carbocycles. The van der Waals surface area contributed by atoms with Gasteiger partial charge in [0.1, 0.15) is 23.0 Å². The number of fused-ring (bicyclic) bond motifs is 4. The van der Waals surface area contributed by atoms with Gasteiger partial charge in [-0.1, -0.05) is 200 Å². The highest BCUT2D eigenvalue weighted by Crippen LogP contribution is 2.52. The summed E-state index contributed by atoms with van der Waals surface area (Å²) in [7, 11) is -3.22. The third-order valence-corrected chi connectivity index (χ3v) is 16.8. The highest BCUT2D eigenvalue weighted by Gasteiger charge is 2.47. The summed E-state index contributed by atoms with van der Waals surface area (Å²) in [6.07, 6.45) is 0. The summed E-state index contributed by atoms with van der Waals surface area (Å²) in [4.78, 5) is 0. The van der Waals surface area contributed by atoms with E-state index in [9.17, 15) is 0 Å². The van der Waals surface area contributed by atoms with E-state index in [1.165, 1.54) is 26.3 Å². The zero-order valence-electron chi connectivity index (χ0n) is 35.4. The zero-order chi connectivity index (χ0) is 40.7. The van der Waals surface area contributed by atoms with Gasteiger partial charge >= 0.3 is 0 Å². The summed E-state index contributed by atoms with van der Waals surface area (Å²) in [6, 6.07) is 57.7. The molecule has 1 atom stereocenters. The van der Waals surface area contributed by atoms with E-state index in [-0.39, 0.29) is 10.8 Å². The highest BCUT2D eigenvalue weighted by molar-refractivity contribution is 7.20. The van der Waals surface area contributed by atoms with Crippen molar-refractivity contribution in [2.24, 2.45) is 0 Å². The zero-order valence-corrected chi connectivity index (χ0v) is 33.4. The van der Waals surface area contributed by atoms with Gasteiger partial charge in [0.05, 0.1) is 0 Å². The van der Waals surface area contributed by atoms with Gasteiger partial charge in [0.15, 0.2) is 8.07 Å². The molecule has 0 N–H and O–H groups in total. The van der Waals surface area contributed by atoms with Crippen LogP contribution in [-0.2, 0) is 16.2 Å². The molecular weight excluding hydrogens is 685 g/mol. The smallest absolute Gasteiger partial charge is 0.184 e. The third kappa shape index (κ3) is 5.35. The Balaban J connectivity index is 1.39. The van der Waals surface area contributed by atoms with Gasteiger partial charge in [0.2, 0.25) is 0 Å². The van der Waals surface area contributed by atoms with E-state index in [4.69, 9.17) is 13.6 Å². The van der Waals surface area contributed by atoms with Gasteiger partial charge in [-0.25, -0.2) is 0 Å². The molecule has 2 nitrogen and oxygen atoms in total. The summed E-state index contributed by atoms with van der Waals surface area (Å²) < 4.78 is 40.8. The molecule has 3 heteroatoms. The Hall–Kier alpha value is -5.64. The minimum absolute atomic E-state index is 0.261. The normalized spacial score (nSPS) is 17.8. The molecule has 1 unspecified atom stereocenters. The summed E-state index contributed by atoms with van der Waals surface area (Å²) >= 11 is 0. The molecule has 9 rings (SSSR count). The minimum Gasteiger partial charge on any atom is -0.457 e. The first-order chi connectivity index (χ1) is 27.7.